The van der Waals surface area contributed by atoms with Crippen molar-refractivity contribution in [2.24, 2.45) is 11.7 Å². The van der Waals surface area contributed by atoms with Gasteiger partial charge in [0.1, 0.15) is 5.75 Å². The van der Waals surface area contributed by atoms with Crippen LogP contribution in [-0.4, -0.2) is 42.5 Å². The largest absolute Gasteiger partial charge is 0.496 e. The van der Waals surface area contributed by atoms with Crippen LogP contribution in [0.1, 0.15) is 29.9 Å². The van der Waals surface area contributed by atoms with Crippen LogP contribution in [0.2, 0.25) is 0 Å². The summed E-state index contributed by atoms with van der Waals surface area (Å²) in [6.45, 7) is 2.67. The molecule has 0 aliphatic carbocycles. The van der Waals surface area contributed by atoms with Gasteiger partial charge in [0.2, 0.25) is 5.91 Å². The van der Waals surface area contributed by atoms with Crippen molar-refractivity contribution in [2.45, 2.75) is 25.2 Å². The molecule has 1 amide bonds. The molecule has 0 bridgehead atoms. The molecule has 3 rings (SSSR count). The second-order valence-electron chi connectivity index (χ2n) is 6.98. The first-order chi connectivity index (χ1) is 12.7. The number of rotatable bonds is 7. The summed E-state index contributed by atoms with van der Waals surface area (Å²) in [6, 6.07) is 12.2. The van der Waals surface area contributed by atoms with Crippen molar-refractivity contribution >= 4 is 5.91 Å². The highest BCUT2D eigenvalue weighted by Crippen LogP contribution is 2.34. The fourth-order valence-electron chi connectivity index (χ4n) is 3.80. The van der Waals surface area contributed by atoms with Crippen molar-refractivity contribution in [1.29, 1.82) is 0 Å². The van der Waals surface area contributed by atoms with Gasteiger partial charge in [0.15, 0.2) is 0 Å². The fourth-order valence-corrected chi connectivity index (χ4v) is 3.80. The predicted molar refractivity (Wildman–Crippen MR) is 102 cm³/mol. The number of amides is 1. The fraction of sp³-hybridized carbons (Fsp3) is 0.429. The van der Waals surface area contributed by atoms with Crippen LogP contribution in [0.3, 0.4) is 0 Å². The van der Waals surface area contributed by atoms with E-state index in [-0.39, 0.29) is 11.8 Å². The number of para-hydroxylation sites is 1. The minimum Gasteiger partial charge on any atom is -0.496 e. The topological polar surface area (TPSA) is 68.4 Å². The normalized spacial score (nSPS) is 17.0. The molecule has 1 aliphatic heterocycles. The van der Waals surface area contributed by atoms with Crippen LogP contribution in [-0.2, 0) is 11.2 Å². The molecule has 1 saturated heterocycles. The molecule has 1 fully saturated rings. The zero-order valence-electron chi connectivity index (χ0n) is 15.3. The van der Waals surface area contributed by atoms with Crippen molar-refractivity contribution in [3.8, 4) is 5.75 Å². The lowest BCUT2D eigenvalue weighted by Gasteiger charge is -2.34. The molecule has 1 aromatic heterocycles. The number of nitrogens with zero attached hydrogens (tertiary/aromatic N) is 2. The lowest BCUT2D eigenvalue weighted by Crippen LogP contribution is -2.41. The zero-order valence-corrected chi connectivity index (χ0v) is 15.3. The molecule has 1 atom stereocenters. The number of carbonyl (C=O) groups excluding carboxylic acids is 1. The van der Waals surface area contributed by atoms with Gasteiger partial charge in [-0.05, 0) is 67.6 Å². The van der Waals surface area contributed by atoms with Crippen LogP contribution >= 0.6 is 0 Å². The zero-order chi connectivity index (χ0) is 18.4. The van der Waals surface area contributed by atoms with Crippen molar-refractivity contribution in [2.75, 3.05) is 26.7 Å². The molecule has 0 saturated carbocycles. The van der Waals surface area contributed by atoms with Crippen molar-refractivity contribution in [3.63, 3.8) is 0 Å². The van der Waals surface area contributed by atoms with Gasteiger partial charge in [0.05, 0.1) is 13.0 Å². The number of ether oxygens (including phenoxy) is 1. The molecule has 2 aromatic rings. The Balaban J connectivity index is 1.57. The molecule has 1 aliphatic rings. The molecule has 5 heteroatoms. The summed E-state index contributed by atoms with van der Waals surface area (Å²) in [7, 11) is 1.73. The molecular weight excluding hydrogens is 326 g/mol. The van der Waals surface area contributed by atoms with E-state index < -0.39 is 0 Å². The highest BCUT2D eigenvalue weighted by Gasteiger charge is 2.26. The average Bonchev–Trinajstić information content (AvgIpc) is 2.69. The van der Waals surface area contributed by atoms with Crippen molar-refractivity contribution < 1.29 is 9.53 Å². The first-order valence-electron chi connectivity index (χ1n) is 9.21. The number of methoxy groups -OCH3 is 1. The Morgan fingerprint density at radius 1 is 1.23 bits per heavy atom. The molecule has 1 aromatic carbocycles. The molecule has 2 N–H and O–H groups in total. The summed E-state index contributed by atoms with van der Waals surface area (Å²) < 4.78 is 5.51. The van der Waals surface area contributed by atoms with Gasteiger partial charge in [0.25, 0.3) is 0 Å². The minimum absolute atomic E-state index is 0.166. The molecule has 5 nitrogen and oxygen atoms in total. The van der Waals surface area contributed by atoms with E-state index in [1.807, 2.05) is 24.3 Å². The van der Waals surface area contributed by atoms with Gasteiger partial charge in [-0.15, -0.1) is 0 Å². The second-order valence-corrected chi connectivity index (χ2v) is 6.98. The summed E-state index contributed by atoms with van der Waals surface area (Å²) in [6.07, 6.45) is 6.32. The SMILES string of the molecule is COc1ccccc1C1CCN(C[C@@H](Cc2ccncc2)C(N)=O)CC1. The summed E-state index contributed by atoms with van der Waals surface area (Å²) in [5.74, 6) is 1.09. The van der Waals surface area contributed by atoms with Gasteiger partial charge >= 0.3 is 0 Å². The summed E-state index contributed by atoms with van der Waals surface area (Å²) in [5, 5.41) is 0. The van der Waals surface area contributed by atoms with E-state index in [9.17, 15) is 4.79 Å². The number of primary amides is 1. The Morgan fingerprint density at radius 3 is 2.58 bits per heavy atom. The number of pyridine rings is 1. The van der Waals surface area contributed by atoms with Crippen LogP contribution < -0.4 is 10.5 Å². The monoisotopic (exact) mass is 353 g/mol. The second kappa shape index (κ2) is 8.81. The Labute approximate surface area is 155 Å². The highest BCUT2D eigenvalue weighted by molar-refractivity contribution is 5.77. The minimum atomic E-state index is -0.228. The van der Waals surface area contributed by atoms with E-state index >= 15 is 0 Å². The van der Waals surface area contributed by atoms with Crippen LogP contribution in [0.5, 0.6) is 5.75 Å². The average molecular weight is 353 g/mol. The Kier molecular flexibility index (Phi) is 6.23. The number of benzene rings is 1. The number of carbonyl (C=O) groups is 1. The molecule has 138 valence electrons. The van der Waals surface area contributed by atoms with Gasteiger partial charge in [-0.3, -0.25) is 9.78 Å². The van der Waals surface area contributed by atoms with Gasteiger partial charge in [0, 0.05) is 18.9 Å². The number of piperidine rings is 1. The molecule has 26 heavy (non-hydrogen) atoms. The number of hydrogen-bond donors (Lipinski definition) is 1. The van der Waals surface area contributed by atoms with E-state index in [1.54, 1.807) is 19.5 Å². The molecule has 0 unspecified atom stereocenters. The number of hydrogen-bond acceptors (Lipinski definition) is 4. The van der Waals surface area contributed by atoms with Crippen LogP contribution in [0.25, 0.3) is 0 Å². The van der Waals surface area contributed by atoms with E-state index in [0.717, 1.165) is 43.8 Å². The summed E-state index contributed by atoms with van der Waals surface area (Å²) in [4.78, 5) is 18.3. The van der Waals surface area contributed by atoms with Crippen LogP contribution in [0, 0.1) is 5.92 Å². The number of aromatic nitrogens is 1. The Morgan fingerprint density at radius 2 is 1.92 bits per heavy atom. The van der Waals surface area contributed by atoms with Gasteiger partial charge in [-0.25, -0.2) is 0 Å². The Hall–Kier alpha value is -2.40. The maximum Gasteiger partial charge on any atom is 0.222 e. The predicted octanol–water partition coefficient (Wildman–Crippen LogP) is 2.61. The molecule has 0 spiro atoms. The van der Waals surface area contributed by atoms with E-state index in [4.69, 9.17) is 10.5 Å². The van der Waals surface area contributed by atoms with Crippen LogP contribution in [0.15, 0.2) is 48.8 Å². The first kappa shape index (κ1) is 18.4. The standard InChI is InChI=1S/C21H27N3O2/c1-26-20-5-3-2-4-19(20)17-8-12-24(13-9-17)15-18(21(22)25)14-16-6-10-23-11-7-16/h2-7,10-11,17-18H,8-9,12-15H2,1H3,(H2,22,25)/t18-/m1/s1. The summed E-state index contributed by atoms with van der Waals surface area (Å²) >= 11 is 0. The molecule has 2 heterocycles. The summed E-state index contributed by atoms with van der Waals surface area (Å²) in [5.41, 5.74) is 8.05. The lowest BCUT2D eigenvalue weighted by molar-refractivity contribution is -0.122. The van der Waals surface area contributed by atoms with E-state index in [0.29, 0.717) is 12.3 Å². The quantitative estimate of drug-likeness (QED) is 0.831. The van der Waals surface area contributed by atoms with Crippen LogP contribution in [0.4, 0.5) is 0 Å². The maximum absolute atomic E-state index is 11.9. The van der Waals surface area contributed by atoms with Gasteiger partial charge in [-0.2, -0.15) is 0 Å². The third-order valence-corrected chi connectivity index (χ3v) is 5.28. The smallest absolute Gasteiger partial charge is 0.222 e. The first-order valence-corrected chi connectivity index (χ1v) is 9.21. The lowest BCUT2D eigenvalue weighted by atomic mass is 9.88. The number of nitrogens with two attached hydrogens (primary N) is 1. The number of likely N-dealkylation sites (tertiary alicyclic amines) is 1. The van der Waals surface area contributed by atoms with Gasteiger partial charge in [-0.1, -0.05) is 18.2 Å². The van der Waals surface area contributed by atoms with Gasteiger partial charge < -0.3 is 15.4 Å². The maximum atomic E-state index is 11.9. The van der Waals surface area contributed by atoms with Crippen molar-refractivity contribution in [1.82, 2.24) is 9.88 Å². The molecular formula is C21H27N3O2. The molecule has 0 radical (unpaired) electrons. The highest BCUT2D eigenvalue weighted by atomic mass is 16.5. The Bertz CT molecular complexity index is 712. The van der Waals surface area contributed by atoms with E-state index in [2.05, 4.69) is 22.0 Å². The third kappa shape index (κ3) is 4.61. The van der Waals surface area contributed by atoms with Crippen molar-refractivity contribution in [3.05, 3.63) is 59.9 Å². The third-order valence-electron chi connectivity index (χ3n) is 5.28. The van der Waals surface area contributed by atoms with E-state index in [1.165, 1.54) is 5.56 Å².